The van der Waals surface area contributed by atoms with Crippen molar-refractivity contribution in [1.29, 1.82) is 0 Å². The van der Waals surface area contributed by atoms with E-state index in [1.54, 1.807) is 25.1 Å². The fourth-order valence-corrected chi connectivity index (χ4v) is 2.79. The van der Waals surface area contributed by atoms with Crippen LogP contribution in [0.25, 0.3) is 0 Å². The Morgan fingerprint density at radius 2 is 1.68 bits per heavy atom. The van der Waals surface area contributed by atoms with E-state index < -0.39 is 12.1 Å². The molecular weight excluding hydrogens is 358 g/mol. The first-order chi connectivity index (χ1) is 13.5. The van der Waals surface area contributed by atoms with Crippen molar-refractivity contribution >= 4 is 11.9 Å². The summed E-state index contributed by atoms with van der Waals surface area (Å²) in [6.07, 6.45) is 0.722. The summed E-state index contributed by atoms with van der Waals surface area (Å²) in [5, 5.41) is 2.89. The van der Waals surface area contributed by atoms with E-state index in [1.165, 1.54) is 19.8 Å². The molecule has 0 saturated carbocycles. The third-order valence-electron chi connectivity index (χ3n) is 4.37. The highest BCUT2D eigenvalue weighted by molar-refractivity contribution is 5.95. The quantitative estimate of drug-likeness (QED) is 0.670. The number of hydrogen-bond acceptors (Lipinski definition) is 5. The summed E-state index contributed by atoms with van der Waals surface area (Å²) < 4.78 is 15.7. The van der Waals surface area contributed by atoms with E-state index in [9.17, 15) is 9.59 Å². The molecule has 6 nitrogen and oxygen atoms in total. The molecule has 0 aromatic heterocycles. The summed E-state index contributed by atoms with van der Waals surface area (Å²) in [6, 6.07) is 14.9. The smallest absolute Gasteiger partial charge is 0.342 e. The number of rotatable bonds is 9. The van der Waals surface area contributed by atoms with Gasteiger partial charge in [-0.25, -0.2) is 4.79 Å². The van der Waals surface area contributed by atoms with E-state index in [1.807, 2.05) is 25.1 Å². The van der Waals surface area contributed by atoms with Gasteiger partial charge in [-0.3, -0.25) is 4.79 Å². The van der Waals surface area contributed by atoms with Crippen LogP contribution in [0.3, 0.4) is 0 Å². The normalized spacial score (nSPS) is 12.6. The minimum atomic E-state index is -0.928. The van der Waals surface area contributed by atoms with Crippen LogP contribution in [0, 0.1) is 0 Å². The van der Waals surface area contributed by atoms with Gasteiger partial charge in [0.25, 0.3) is 5.91 Å². The van der Waals surface area contributed by atoms with Crippen LogP contribution in [0.1, 0.15) is 36.2 Å². The Kier molecular flexibility index (Phi) is 7.87. The lowest BCUT2D eigenvalue weighted by molar-refractivity contribution is -0.129. The van der Waals surface area contributed by atoms with Crippen LogP contribution >= 0.6 is 0 Å². The molecule has 28 heavy (non-hydrogen) atoms. The van der Waals surface area contributed by atoms with Crippen LogP contribution in [-0.4, -0.2) is 38.2 Å². The molecule has 2 atom stereocenters. The number of methoxy groups -OCH3 is 2. The summed E-state index contributed by atoms with van der Waals surface area (Å²) in [5.74, 6) is -0.284. The van der Waals surface area contributed by atoms with E-state index in [2.05, 4.69) is 17.4 Å². The van der Waals surface area contributed by atoms with Crippen LogP contribution < -0.4 is 14.8 Å². The summed E-state index contributed by atoms with van der Waals surface area (Å²) >= 11 is 0. The zero-order chi connectivity index (χ0) is 20.5. The highest BCUT2D eigenvalue weighted by Gasteiger charge is 2.23. The number of benzene rings is 2. The van der Waals surface area contributed by atoms with Crippen LogP contribution in [0.4, 0.5) is 0 Å². The number of aryl methyl sites for hydroxylation is 1. The van der Waals surface area contributed by atoms with E-state index in [0.29, 0.717) is 5.75 Å². The number of nitrogens with one attached hydrogen (secondary N) is 1. The predicted molar refractivity (Wildman–Crippen MR) is 107 cm³/mol. The summed E-state index contributed by atoms with van der Waals surface area (Å²) in [7, 11) is 2.93. The Morgan fingerprint density at radius 3 is 2.32 bits per heavy atom. The average Bonchev–Trinajstić information content (AvgIpc) is 2.72. The molecule has 0 bridgehead atoms. The molecule has 0 heterocycles. The van der Waals surface area contributed by atoms with Crippen molar-refractivity contribution in [1.82, 2.24) is 5.32 Å². The number of para-hydroxylation sites is 1. The fourth-order valence-electron chi connectivity index (χ4n) is 2.79. The van der Waals surface area contributed by atoms with Gasteiger partial charge in [-0.2, -0.15) is 0 Å². The van der Waals surface area contributed by atoms with Gasteiger partial charge in [0.15, 0.2) is 17.6 Å². The Bertz CT molecular complexity index is 791. The Balaban J connectivity index is 1.90. The van der Waals surface area contributed by atoms with Gasteiger partial charge in [0, 0.05) is 6.04 Å². The lowest BCUT2D eigenvalue weighted by Gasteiger charge is -2.19. The maximum Gasteiger partial charge on any atom is 0.342 e. The highest BCUT2D eigenvalue weighted by atomic mass is 16.6. The predicted octanol–water partition coefficient (Wildman–Crippen LogP) is 3.39. The molecular formula is C22H27NO5. The number of hydrogen-bond donors (Lipinski definition) is 1. The van der Waals surface area contributed by atoms with Gasteiger partial charge in [0.05, 0.1) is 14.2 Å². The van der Waals surface area contributed by atoms with Gasteiger partial charge in [0.1, 0.15) is 5.56 Å². The van der Waals surface area contributed by atoms with Gasteiger partial charge in [-0.15, -0.1) is 0 Å². The van der Waals surface area contributed by atoms with Crippen molar-refractivity contribution in [3.8, 4) is 11.5 Å². The van der Waals surface area contributed by atoms with Crippen molar-refractivity contribution in [2.24, 2.45) is 0 Å². The molecule has 0 spiro atoms. The molecule has 150 valence electrons. The number of esters is 1. The van der Waals surface area contributed by atoms with Gasteiger partial charge >= 0.3 is 5.97 Å². The van der Waals surface area contributed by atoms with Crippen molar-refractivity contribution in [3.63, 3.8) is 0 Å². The second-order valence-corrected chi connectivity index (χ2v) is 6.52. The van der Waals surface area contributed by atoms with E-state index in [0.717, 1.165) is 12.8 Å². The highest BCUT2D eigenvalue weighted by Crippen LogP contribution is 2.31. The van der Waals surface area contributed by atoms with Crippen molar-refractivity contribution < 1.29 is 23.8 Å². The summed E-state index contributed by atoms with van der Waals surface area (Å²) in [4.78, 5) is 24.8. The third-order valence-corrected chi connectivity index (χ3v) is 4.37. The molecule has 2 rings (SSSR count). The minimum Gasteiger partial charge on any atom is -0.493 e. The molecule has 0 unspecified atom stereocenters. The molecule has 0 fully saturated rings. The lowest BCUT2D eigenvalue weighted by atomic mass is 10.1. The van der Waals surface area contributed by atoms with E-state index in [-0.39, 0.29) is 23.3 Å². The maximum atomic E-state index is 12.5. The largest absolute Gasteiger partial charge is 0.493 e. The summed E-state index contributed by atoms with van der Waals surface area (Å²) in [6.45, 7) is 3.48. The van der Waals surface area contributed by atoms with Crippen LogP contribution in [0.2, 0.25) is 0 Å². The zero-order valence-corrected chi connectivity index (χ0v) is 16.7. The van der Waals surface area contributed by atoms with E-state index >= 15 is 0 Å². The molecule has 0 saturated heterocycles. The zero-order valence-electron chi connectivity index (χ0n) is 16.7. The number of amides is 1. The fraction of sp³-hybridized carbons (Fsp3) is 0.364. The Hall–Kier alpha value is -3.02. The van der Waals surface area contributed by atoms with Gasteiger partial charge in [-0.05, 0) is 44.4 Å². The topological polar surface area (TPSA) is 73.9 Å². The first-order valence-electron chi connectivity index (χ1n) is 9.22. The molecule has 2 aromatic carbocycles. The van der Waals surface area contributed by atoms with Crippen molar-refractivity contribution in [3.05, 3.63) is 59.7 Å². The van der Waals surface area contributed by atoms with Gasteiger partial charge in [-0.1, -0.05) is 36.4 Å². The number of carbonyl (C=O) groups is 2. The second kappa shape index (κ2) is 10.3. The monoisotopic (exact) mass is 385 g/mol. The Morgan fingerprint density at radius 1 is 0.964 bits per heavy atom. The van der Waals surface area contributed by atoms with Crippen molar-refractivity contribution in [2.75, 3.05) is 14.2 Å². The van der Waals surface area contributed by atoms with Gasteiger partial charge in [0.2, 0.25) is 0 Å². The molecule has 6 heteroatoms. The first-order valence-corrected chi connectivity index (χ1v) is 9.22. The third kappa shape index (κ3) is 5.74. The standard InChI is InChI=1S/C22H27NO5/c1-15(13-14-17-9-6-5-7-10-17)23-21(24)16(2)28-22(25)18-11-8-12-19(26-3)20(18)27-4/h5-12,15-16H,13-14H2,1-4H3,(H,23,24)/t15-,16+/m1/s1. The van der Waals surface area contributed by atoms with Crippen LogP contribution in [0.15, 0.2) is 48.5 Å². The van der Waals surface area contributed by atoms with Crippen molar-refractivity contribution in [2.45, 2.75) is 38.8 Å². The molecule has 0 aliphatic heterocycles. The van der Waals surface area contributed by atoms with Crippen LogP contribution in [-0.2, 0) is 16.0 Å². The van der Waals surface area contributed by atoms with Gasteiger partial charge < -0.3 is 19.5 Å². The van der Waals surface area contributed by atoms with E-state index in [4.69, 9.17) is 14.2 Å². The molecule has 0 radical (unpaired) electrons. The first kappa shape index (κ1) is 21.3. The van der Waals surface area contributed by atoms with Crippen LogP contribution in [0.5, 0.6) is 11.5 Å². The number of ether oxygens (including phenoxy) is 3. The molecule has 2 aromatic rings. The SMILES string of the molecule is COc1cccc(C(=O)O[C@@H](C)C(=O)N[C@H](C)CCc2ccccc2)c1OC. The molecule has 1 amide bonds. The molecule has 0 aliphatic carbocycles. The second-order valence-electron chi connectivity index (χ2n) is 6.52. The average molecular weight is 385 g/mol. The molecule has 1 N–H and O–H groups in total. The summed E-state index contributed by atoms with van der Waals surface area (Å²) in [5.41, 5.74) is 1.42. The molecule has 0 aliphatic rings. The number of carbonyl (C=O) groups excluding carboxylic acids is 2. The minimum absolute atomic E-state index is 0.0415. The lowest BCUT2D eigenvalue weighted by Crippen LogP contribution is -2.41. The Labute approximate surface area is 165 Å². The maximum absolute atomic E-state index is 12.5.